The number of hydrogen-bond acceptors (Lipinski definition) is 11. The van der Waals surface area contributed by atoms with E-state index in [1.54, 1.807) is 23.2 Å². The first-order chi connectivity index (χ1) is 22.5. The zero-order chi connectivity index (χ0) is 33.3. The number of amides is 1. The third kappa shape index (κ3) is 6.52. The summed E-state index contributed by atoms with van der Waals surface area (Å²) in [7, 11) is 1.71. The standard InChI is InChI=1S/C31H38F3N11O2/c1-20-24(26-23-4-9-36-27(23)38-19-37-26)15-39-45(20)30(7-8-35)17-44(18-30)22-5-11-43(12-6-22)28(47)25-14-21(16-42(2)10-3-13-46)40-29(41-25)31(32,33)34/h4,9,14-15,19-20,22,24,46H,3,5-7,10-13,16-18H2,1-2H3,(H,36,37,38). The van der Waals surface area contributed by atoms with Gasteiger partial charge in [0.15, 0.2) is 0 Å². The van der Waals surface area contributed by atoms with E-state index in [1.807, 2.05) is 18.5 Å². The Morgan fingerprint density at radius 1 is 1.23 bits per heavy atom. The molecule has 2 atom stereocenters. The molecule has 13 nitrogen and oxygen atoms in total. The maximum Gasteiger partial charge on any atom is 0.451 e. The molecular weight excluding hydrogens is 615 g/mol. The number of rotatable bonds is 10. The van der Waals surface area contributed by atoms with Crippen molar-refractivity contribution < 1.29 is 23.1 Å². The summed E-state index contributed by atoms with van der Waals surface area (Å²) in [6.07, 6.45) is 2.56. The number of hydrogen-bond donors (Lipinski definition) is 2. The fourth-order valence-corrected chi connectivity index (χ4v) is 7.10. The Morgan fingerprint density at radius 3 is 2.70 bits per heavy atom. The highest BCUT2D eigenvalue weighted by Gasteiger charge is 2.53. The van der Waals surface area contributed by atoms with Crippen molar-refractivity contribution in [1.29, 1.82) is 5.26 Å². The maximum absolute atomic E-state index is 13.6. The average molecular weight is 654 g/mol. The molecule has 0 radical (unpaired) electrons. The van der Waals surface area contributed by atoms with E-state index in [0.717, 1.165) is 16.7 Å². The molecule has 0 saturated carbocycles. The molecule has 3 aliphatic heterocycles. The van der Waals surface area contributed by atoms with Crippen molar-refractivity contribution in [3.63, 3.8) is 0 Å². The molecule has 3 aliphatic rings. The highest BCUT2D eigenvalue weighted by atomic mass is 19.4. The molecule has 0 bridgehead atoms. The number of alkyl halides is 3. The lowest BCUT2D eigenvalue weighted by atomic mass is 9.81. The summed E-state index contributed by atoms with van der Waals surface area (Å²) in [5, 5.41) is 26.6. The third-order valence-electron chi connectivity index (χ3n) is 9.50. The van der Waals surface area contributed by atoms with Gasteiger partial charge in [-0.1, -0.05) is 0 Å². The molecule has 3 aromatic rings. The maximum atomic E-state index is 13.6. The number of piperidine rings is 1. The summed E-state index contributed by atoms with van der Waals surface area (Å²) in [5.74, 6) is -1.95. The van der Waals surface area contributed by atoms with Crippen LogP contribution < -0.4 is 0 Å². The quantitative estimate of drug-likeness (QED) is 0.334. The number of halogens is 3. The SMILES string of the molecule is CC1C(c2ncnc3[nH]ccc23)C=NN1C1(CC#N)CN(C2CCN(C(=O)c3cc(CN(C)CCCO)nc(C(F)(F)F)n3)CC2)C1. The number of H-pyrrole nitrogens is 1. The molecule has 2 N–H and O–H groups in total. The van der Waals surface area contributed by atoms with Crippen molar-refractivity contribution in [2.75, 3.05) is 46.4 Å². The topological polar surface area (TPSA) is 154 Å². The summed E-state index contributed by atoms with van der Waals surface area (Å²) in [5.41, 5.74) is 1.03. The number of carbonyl (C=O) groups excluding carboxylic acids is 1. The van der Waals surface area contributed by atoms with E-state index >= 15 is 0 Å². The highest BCUT2D eigenvalue weighted by molar-refractivity contribution is 5.92. The minimum atomic E-state index is -4.80. The zero-order valence-electron chi connectivity index (χ0n) is 26.4. The smallest absolute Gasteiger partial charge is 0.396 e. The van der Waals surface area contributed by atoms with Crippen LogP contribution in [-0.4, -0.2) is 126 Å². The average Bonchev–Trinajstić information content (AvgIpc) is 3.68. The predicted octanol–water partition coefficient (Wildman–Crippen LogP) is 2.63. The molecule has 3 aromatic heterocycles. The van der Waals surface area contributed by atoms with Gasteiger partial charge in [-0.3, -0.25) is 14.7 Å². The summed E-state index contributed by atoms with van der Waals surface area (Å²) in [6.45, 7) is 4.66. The molecule has 0 aliphatic carbocycles. The van der Waals surface area contributed by atoms with Gasteiger partial charge in [0.25, 0.3) is 5.91 Å². The van der Waals surface area contributed by atoms with Crippen LogP contribution in [0, 0.1) is 11.3 Å². The van der Waals surface area contributed by atoms with Gasteiger partial charge in [-0.05, 0) is 45.4 Å². The van der Waals surface area contributed by atoms with Gasteiger partial charge in [0.2, 0.25) is 5.82 Å². The van der Waals surface area contributed by atoms with Gasteiger partial charge in [-0.25, -0.2) is 19.9 Å². The van der Waals surface area contributed by atoms with E-state index in [-0.39, 0.29) is 42.5 Å². The normalized spacial score (nSPS) is 21.8. The fourth-order valence-electron chi connectivity index (χ4n) is 7.10. The van der Waals surface area contributed by atoms with Crippen LogP contribution in [0.3, 0.4) is 0 Å². The first-order valence-corrected chi connectivity index (χ1v) is 15.8. The van der Waals surface area contributed by atoms with E-state index in [4.69, 9.17) is 10.2 Å². The Labute approximate surface area is 270 Å². The molecule has 2 saturated heterocycles. The molecule has 250 valence electrons. The highest BCUT2D eigenvalue weighted by Crippen LogP contribution is 2.41. The van der Waals surface area contributed by atoms with Crippen LogP contribution in [0.15, 0.2) is 29.8 Å². The van der Waals surface area contributed by atoms with Crippen LogP contribution in [0.25, 0.3) is 11.0 Å². The van der Waals surface area contributed by atoms with E-state index in [0.29, 0.717) is 58.4 Å². The van der Waals surface area contributed by atoms with Gasteiger partial charge in [0.05, 0.1) is 41.4 Å². The number of hydrazone groups is 1. The lowest BCUT2D eigenvalue weighted by Crippen LogP contribution is -2.72. The number of aromatic amines is 1. The van der Waals surface area contributed by atoms with E-state index in [1.165, 1.54) is 6.07 Å². The lowest BCUT2D eigenvalue weighted by molar-refractivity contribution is -0.145. The molecule has 1 amide bonds. The van der Waals surface area contributed by atoms with Crippen molar-refractivity contribution >= 4 is 23.2 Å². The van der Waals surface area contributed by atoms with Crippen molar-refractivity contribution in [1.82, 2.24) is 44.6 Å². The molecule has 6 heterocycles. The molecule has 47 heavy (non-hydrogen) atoms. The molecule has 0 spiro atoms. The van der Waals surface area contributed by atoms with Gasteiger partial charge in [-0.2, -0.15) is 23.5 Å². The van der Waals surface area contributed by atoms with Crippen LogP contribution in [0.5, 0.6) is 0 Å². The van der Waals surface area contributed by atoms with Gasteiger partial charge < -0.3 is 19.9 Å². The summed E-state index contributed by atoms with van der Waals surface area (Å²) in [4.78, 5) is 38.3. The number of nitrogens with zero attached hydrogens (tertiary/aromatic N) is 10. The molecular formula is C31H38F3N11O2. The van der Waals surface area contributed by atoms with Gasteiger partial charge in [-0.15, -0.1) is 0 Å². The Kier molecular flexibility index (Phi) is 9.14. The van der Waals surface area contributed by atoms with Crippen LogP contribution in [0.4, 0.5) is 13.2 Å². The summed E-state index contributed by atoms with van der Waals surface area (Å²) < 4.78 is 40.9. The van der Waals surface area contributed by atoms with E-state index in [2.05, 4.69) is 47.8 Å². The number of nitriles is 1. The number of fused-ring (bicyclic) bond motifs is 1. The van der Waals surface area contributed by atoms with Crippen LogP contribution in [0.1, 0.15) is 66.2 Å². The minimum absolute atomic E-state index is 0.0215. The Hall–Kier alpha value is -4.20. The van der Waals surface area contributed by atoms with E-state index in [9.17, 15) is 23.2 Å². The minimum Gasteiger partial charge on any atom is -0.396 e. The second-order valence-electron chi connectivity index (χ2n) is 12.7. The van der Waals surface area contributed by atoms with Gasteiger partial charge in [0.1, 0.15) is 17.7 Å². The largest absolute Gasteiger partial charge is 0.451 e. The second-order valence-corrected chi connectivity index (χ2v) is 12.7. The second kappa shape index (κ2) is 13.1. The number of likely N-dealkylation sites (tertiary alicyclic amines) is 2. The molecule has 0 aromatic carbocycles. The number of aliphatic hydroxyl groups is 1. The first-order valence-electron chi connectivity index (χ1n) is 15.8. The summed E-state index contributed by atoms with van der Waals surface area (Å²) >= 11 is 0. The zero-order valence-corrected chi connectivity index (χ0v) is 26.4. The number of nitrogens with one attached hydrogen (secondary N) is 1. The van der Waals surface area contributed by atoms with Crippen molar-refractivity contribution in [3.8, 4) is 6.07 Å². The lowest BCUT2D eigenvalue weighted by Gasteiger charge is -2.57. The summed E-state index contributed by atoms with van der Waals surface area (Å²) in [6, 6.07) is 5.79. The Balaban J connectivity index is 1.09. The predicted molar refractivity (Wildman–Crippen MR) is 165 cm³/mol. The van der Waals surface area contributed by atoms with Crippen LogP contribution in [0.2, 0.25) is 0 Å². The molecule has 6 rings (SSSR count). The van der Waals surface area contributed by atoms with Crippen molar-refractivity contribution in [3.05, 3.63) is 47.6 Å². The number of aliphatic hydroxyl groups excluding tert-OH is 1. The molecule has 16 heteroatoms. The fraction of sp³-hybridized carbons (Fsp3) is 0.581. The van der Waals surface area contributed by atoms with Gasteiger partial charge >= 0.3 is 6.18 Å². The third-order valence-corrected chi connectivity index (χ3v) is 9.50. The van der Waals surface area contributed by atoms with Crippen LogP contribution >= 0.6 is 0 Å². The molecule has 2 fully saturated rings. The monoisotopic (exact) mass is 653 g/mol. The Bertz CT molecular complexity index is 1660. The first kappa shape index (κ1) is 32.7. The number of carbonyl (C=O) groups is 1. The van der Waals surface area contributed by atoms with Crippen molar-refractivity contribution in [2.45, 2.75) is 68.9 Å². The van der Waals surface area contributed by atoms with Crippen molar-refractivity contribution in [2.24, 2.45) is 5.10 Å². The van der Waals surface area contributed by atoms with Crippen LogP contribution in [-0.2, 0) is 12.7 Å². The molecule has 2 unspecified atom stereocenters. The number of aromatic nitrogens is 5. The Morgan fingerprint density at radius 2 is 2.00 bits per heavy atom. The van der Waals surface area contributed by atoms with E-state index < -0.39 is 23.4 Å². The van der Waals surface area contributed by atoms with Gasteiger partial charge in [0, 0.05) is 69.7 Å².